The van der Waals surface area contributed by atoms with E-state index >= 15 is 0 Å². The Labute approximate surface area is 173 Å². The number of piperidine rings is 1. The summed E-state index contributed by atoms with van der Waals surface area (Å²) in [6.45, 7) is 2.54. The number of nitrogens with zero attached hydrogens (tertiary/aromatic N) is 3. The van der Waals surface area contributed by atoms with Crippen LogP contribution >= 0.6 is 0 Å². The van der Waals surface area contributed by atoms with Crippen molar-refractivity contribution in [1.29, 1.82) is 0 Å². The van der Waals surface area contributed by atoms with Crippen molar-refractivity contribution in [2.24, 2.45) is 7.05 Å². The van der Waals surface area contributed by atoms with E-state index in [0.717, 1.165) is 30.0 Å². The molecular weight excluding hydrogens is 384 g/mol. The van der Waals surface area contributed by atoms with Crippen molar-refractivity contribution in [1.82, 2.24) is 30.4 Å². The summed E-state index contributed by atoms with van der Waals surface area (Å²) in [6, 6.07) is 5.12. The molecule has 156 valence electrons. The number of benzene rings is 1. The van der Waals surface area contributed by atoms with Crippen molar-refractivity contribution in [2.75, 3.05) is 13.1 Å². The predicted molar refractivity (Wildman–Crippen MR) is 107 cm³/mol. The van der Waals surface area contributed by atoms with Crippen LogP contribution in [0.3, 0.4) is 0 Å². The average Bonchev–Trinajstić information content (AvgIpc) is 3.26. The monoisotopic (exact) mass is 408 g/mol. The number of amides is 3. The van der Waals surface area contributed by atoms with Gasteiger partial charge in [0.2, 0.25) is 11.8 Å². The van der Waals surface area contributed by atoms with E-state index in [4.69, 9.17) is 0 Å². The zero-order valence-corrected chi connectivity index (χ0v) is 16.8. The van der Waals surface area contributed by atoms with E-state index in [9.17, 15) is 14.4 Å². The Kier molecular flexibility index (Phi) is 4.44. The molecule has 0 spiro atoms. The summed E-state index contributed by atoms with van der Waals surface area (Å²) in [6.07, 6.45) is 4.36. The lowest BCUT2D eigenvalue weighted by Gasteiger charge is -2.43. The zero-order valence-electron chi connectivity index (χ0n) is 16.8. The normalized spacial score (nSPS) is 22.6. The van der Waals surface area contributed by atoms with Gasteiger partial charge in [-0.15, -0.1) is 0 Å². The number of hydrogen-bond acceptors (Lipinski definition) is 6. The molecule has 1 aromatic carbocycles. The van der Waals surface area contributed by atoms with Crippen molar-refractivity contribution in [2.45, 2.75) is 37.5 Å². The van der Waals surface area contributed by atoms with Gasteiger partial charge in [0.15, 0.2) is 0 Å². The SMILES string of the molecule is Cn1ccnc1C1(NCc2cccc3c2CN(C2CCC(=O)NC2=O)C3=O)CNC1. The van der Waals surface area contributed by atoms with Crippen LogP contribution in [0.5, 0.6) is 0 Å². The number of imide groups is 1. The van der Waals surface area contributed by atoms with Gasteiger partial charge in [-0.1, -0.05) is 12.1 Å². The fourth-order valence-electron chi connectivity index (χ4n) is 4.64. The van der Waals surface area contributed by atoms with Crippen molar-refractivity contribution in [3.05, 3.63) is 53.1 Å². The molecule has 1 atom stereocenters. The summed E-state index contributed by atoms with van der Waals surface area (Å²) in [4.78, 5) is 42.9. The summed E-state index contributed by atoms with van der Waals surface area (Å²) in [7, 11) is 1.99. The Morgan fingerprint density at radius 3 is 2.77 bits per heavy atom. The molecule has 30 heavy (non-hydrogen) atoms. The van der Waals surface area contributed by atoms with Gasteiger partial charge in [-0.2, -0.15) is 0 Å². The molecule has 4 heterocycles. The van der Waals surface area contributed by atoms with E-state index in [2.05, 4.69) is 20.9 Å². The van der Waals surface area contributed by atoms with Crippen molar-refractivity contribution >= 4 is 17.7 Å². The largest absolute Gasteiger partial charge is 0.336 e. The summed E-state index contributed by atoms with van der Waals surface area (Å²) in [5.74, 6) is 0.167. The maximum absolute atomic E-state index is 13.0. The number of nitrogens with one attached hydrogen (secondary N) is 3. The van der Waals surface area contributed by atoms with E-state index in [1.807, 2.05) is 36.0 Å². The quantitative estimate of drug-likeness (QED) is 0.590. The van der Waals surface area contributed by atoms with Gasteiger partial charge in [-0.3, -0.25) is 25.0 Å². The summed E-state index contributed by atoms with van der Waals surface area (Å²) in [5, 5.41) is 9.32. The first-order chi connectivity index (χ1) is 14.5. The highest BCUT2D eigenvalue weighted by molar-refractivity contribution is 6.05. The lowest BCUT2D eigenvalue weighted by Crippen LogP contribution is -2.65. The van der Waals surface area contributed by atoms with Crippen LogP contribution in [0.15, 0.2) is 30.6 Å². The molecule has 2 saturated heterocycles. The fourth-order valence-corrected chi connectivity index (χ4v) is 4.64. The number of carbonyl (C=O) groups excluding carboxylic acids is 3. The third-order valence-corrected chi connectivity index (χ3v) is 6.40. The van der Waals surface area contributed by atoms with Crippen molar-refractivity contribution < 1.29 is 14.4 Å². The first-order valence-corrected chi connectivity index (χ1v) is 10.2. The van der Waals surface area contributed by atoms with Crippen LogP contribution in [-0.4, -0.2) is 51.3 Å². The lowest BCUT2D eigenvalue weighted by molar-refractivity contribution is -0.136. The zero-order chi connectivity index (χ0) is 20.9. The number of hydrogen-bond donors (Lipinski definition) is 3. The Morgan fingerprint density at radius 2 is 2.10 bits per heavy atom. The van der Waals surface area contributed by atoms with Crippen LogP contribution in [-0.2, 0) is 35.3 Å². The molecule has 3 N–H and O–H groups in total. The Hall–Kier alpha value is -3.04. The molecule has 1 aromatic heterocycles. The van der Waals surface area contributed by atoms with Crippen LogP contribution in [0.2, 0.25) is 0 Å². The first kappa shape index (κ1) is 19.0. The molecule has 9 heteroatoms. The fraction of sp³-hybridized carbons (Fsp3) is 0.429. The number of carbonyl (C=O) groups is 3. The molecule has 0 radical (unpaired) electrons. The molecule has 3 aliphatic heterocycles. The second kappa shape index (κ2) is 7.03. The van der Waals surface area contributed by atoms with Crippen LogP contribution in [0, 0.1) is 0 Å². The molecule has 2 fully saturated rings. The van der Waals surface area contributed by atoms with Crippen LogP contribution in [0.1, 0.15) is 40.2 Å². The Bertz CT molecular complexity index is 1040. The topological polar surface area (TPSA) is 108 Å². The minimum atomic E-state index is -0.599. The minimum absolute atomic E-state index is 0.148. The van der Waals surface area contributed by atoms with E-state index in [-0.39, 0.29) is 29.7 Å². The molecule has 1 unspecified atom stereocenters. The minimum Gasteiger partial charge on any atom is -0.336 e. The molecule has 3 aliphatic rings. The molecule has 0 saturated carbocycles. The third-order valence-electron chi connectivity index (χ3n) is 6.40. The van der Waals surface area contributed by atoms with Gasteiger partial charge in [-0.05, 0) is 23.6 Å². The maximum atomic E-state index is 13.0. The van der Waals surface area contributed by atoms with Crippen molar-refractivity contribution in [3.8, 4) is 0 Å². The average molecular weight is 408 g/mol. The van der Waals surface area contributed by atoms with Gasteiger partial charge in [0.05, 0.1) is 0 Å². The predicted octanol–water partition coefficient (Wildman–Crippen LogP) is -0.231. The maximum Gasteiger partial charge on any atom is 0.255 e. The van der Waals surface area contributed by atoms with Crippen LogP contribution in [0.25, 0.3) is 0 Å². The number of fused-ring (bicyclic) bond motifs is 1. The number of aryl methyl sites for hydroxylation is 1. The summed E-state index contributed by atoms with van der Waals surface area (Å²) < 4.78 is 2.03. The van der Waals surface area contributed by atoms with Gasteiger partial charge < -0.3 is 14.8 Å². The van der Waals surface area contributed by atoms with Gasteiger partial charge in [0, 0.05) is 57.6 Å². The molecule has 3 amide bonds. The highest BCUT2D eigenvalue weighted by atomic mass is 16.2. The van der Waals surface area contributed by atoms with Gasteiger partial charge in [-0.25, -0.2) is 4.98 Å². The van der Waals surface area contributed by atoms with E-state index in [0.29, 0.717) is 25.1 Å². The summed E-state index contributed by atoms with van der Waals surface area (Å²) in [5.41, 5.74) is 2.38. The molecular formula is C21H24N6O3. The molecule has 0 bridgehead atoms. The number of aromatic nitrogens is 2. The second-order valence-electron chi connectivity index (χ2n) is 8.24. The van der Waals surface area contributed by atoms with E-state index in [1.54, 1.807) is 11.1 Å². The van der Waals surface area contributed by atoms with Crippen molar-refractivity contribution in [3.63, 3.8) is 0 Å². The highest BCUT2D eigenvalue weighted by Crippen LogP contribution is 2.31. The summed E-state index contributed by atoms with van der Waals surface area (Å²) >= 11 is 0. The van der Waals surface area contributed by atoms with E-state index in [1.165, 1.54) is 0 Å². The van der Waals surface area contributed by atoms with Crippen LogP contribution in [0.4, 0.5) is 0 Å². The smallest absolute Gasteiger partial charge is 0.255 e. The molecule has 5 rings (SSSR count). The standard InChI is InChI=1S/C21H24N6O3/c1-26-8-7-23-20(26)21(11-22-12-21)24-9-13-3-2-4-14-15(13)10-27(19(14)30)16-5-6-17(28)25-18(16)29/h2-4,7-8,16,22,24H,5-6,9-12H2,1H3,(H,25,28,29). The first-order valence-electron chi connectivity index (χ1n) is 10.2. The Morgan fingerprint density at radius 1 is 1.27 bits per heavy atom. The van der Waals surface area contributed by atoms with Gasteiger partial charge in [0.1, 0.15) is 17.4 Å². The van der Waals surface area contributed by atoms with Crippen LogP contribution < -0.4 is 16.0 Å². The lowest BCUT2D eigenvalue weighted by atomic mass is 9.90. The third kappa shape index (κ3) is 2.93. The second-order valence-corrected chi connectivity index (χ2v) is 8.24. The molecule has 0 aliphatic carbocycles. The van der Waals surface area contributed by atoms with E-state index < -0.39 is 6.04 Å². The number of imidazole rings is 1. The van der Waals surface area contributed by atoms with Gasteiger partial charge in [0.25, 0.3) is 5.91 Å². The molecule has 2 aromatic rings. The highest BCUT2D eigenvalue weighted by Gasteiger charge is 2.43. The number of rotatable bonds is 5. The Balaban J connectivity index is 1.36. The van der Waals surface area contributed by atoms with Gasteiger partial charge >= 0.3 is 0 Å². The molecule has 9 nitrogen and oxygen atoms in total.